The molecule has 0 unspecified atom stereocenters. The lowest BCUT2D eigenvalue weighted by Crippen LogP contribution is -2.35. The summed E-state index contributed by atoms with van der Waals surface area (Å²) in [6, 6.07) is 2.23. The molecule has 2 rings (SSSR count). The molecule has 0 aliphatic carbocycles. The highest BCUT2D eigenvalue weighted by atomic mass is 19.2. The van der Waals surface area contributed by atoms with Crippen molar-refractivity contribution in [3.63, 3.8) is 0 Å². The summed E-state index contributed by atoms with van der Waals surface area (Å²) in [6.07, 6.45) is 4.94. The molecule has 1 aliphatic heterocycles. The van der Waals surface area contributed by atoms with E-state index in [1.165, 1.54) is 0 Å². The van der Waals surface area contributed by atoms with Crippen LogP contribution < -0.4 is 4.74 Å². The average molecular weight is 264 g/mol. The quantitative estimate of drug-likeness (QED) is 0.465. The van der Waals surface area contributed by atoms with E-state index in [1.54, 1.807) is 18.4 Å². The Morgan fingerprint density at radius 1 is 1.42 bits per heavy atom. The zero-order valence-electron chi connectivity index (χ0n) is 10.6. The molecule has 0 bridgehead atoms. The molecule has 0 aromatic heterocycles. The Labute approximate surface area is 110 Å². The van der Waals surface area contributed by atoms with Gasteiger partial charge in [0.25, 0.3) is 0 Å². The molecule has 0 fully saturated rings. The zero-order chi connectivity index (χ0) is 13.8. The molecule has 100 valence electrons. The van der Waals surface area contributed by atoms with Crippen molar-refractivity contribution in [2.75, 3.05) is 6.73 Å². The minimum absolute atomic E-state index is 0.259. The minimum Gasteiger partial charge on any atom is -0.473 e. The van der Waals surface area contributed by atoms with Gasteiger partial charge in [0, 0.05) is 17.8 Å². The Kier molecular flexibility index (Phi) is 3.94. The SMILES string of the molecule is C=C/C=C\N=C(C)N1COc2cc(F)c(F)cc2C1. The first-order chi connectivity index (χ1) is 9.11. The molecular weight excluding hydrogens is 250 g/mol. The van der Waals surface area contributed by atoms with Crippen molar-refractivity contribution in [2.45, 2.75) is 13.5 Å². The molecule has 0 saturated heterocycles. The number of halogens is 2. The second kappa shape index (κ2) is 5.65. The smallest absolute Gasteiger partial charge is 0.162 e. The lowest BCUT2D eigenvalue weighted by atomic mass is 10.1. The number of nitrogens with zero attached hydrogens (tertiary/aromatic N) is 2. The summed E-state index contributed by atoms with van der Waals surface area (Å²) in [7, 11) is 0. The number of hydrogen-bond donors (Lipinski definition) is 0. The van der Waals surface area contributed by atoms with Crippen molar-refractivity contribution in [1.82, 2.24) is 4.90 Å². The van der Waals surface area contributed by atoms with E-state index in [1.807, 2.05) is 11.8 Å². The fourth-order valence-electron chi connectivity index (χ4n) is 1.73. The Morgan fingerprint density at radius 2 is 2.16 bits per heavy atom. The Balaban J connectivity index is 2.18. The summed E-state index contributed by atoms with van der Waals surface area (Å²) in [5.74, 6) is -0.657. The van der Waals surface area contributed by atoms with E-state index < -0.39 is 11.6 Å². The Hall–Kier alpha value is -2.17. The van der Waals surface area contributed by atoms with E-state index in [2.05, 4.69) is 11.6 Å². The molecule has 0 saturated carbocycles. The van der Waals surface area contributed by atoms with Gasteiger partial charge < -0.3 is 9.64 Å². The van der Waals surface area contributed by atoms with Gasteiger partial charge in [-0.25, -0.2) is 13.8 Å². The van der Waals surface area contributed by atoms with Crippen LogP contribution in [-0.2, 0) is 6.54 Å². The van der Waals surface area contributed by atoms with Gasteiger partial charge in [0.15, 0.2) is 18.4 Å². The lowest BCUT2D eigenvalue weighted by Gasteiger charge is -2.30. The highest BCUT2D eigenvalue weighted by Crippen LogP contribution is 2.27. The van der Waals surface area contributed by atoms with Gasteiger partial charge in [0.2, 0.25) is 0 Å². The molecular formula is C14H14F2N2O. The lowest BCUT2D eigenvalue weighted by molar-refractivity contribution is 0.157. The largest absolute Gasteiger partial charge is 0.473 e. The standard InChI is InChI=1S/C14H14F2N2O/c1-3-4-5-17-10(2)18-8-11-6-12(15)13(16)7-14(11)19-9-18/h3-7H,1,8-9H2,2H3/b5-4-,17-10?. The van der Waals surface area contributed by atoms with Crippen LogP contribution in [0, 0.1) is 11.6 Å². The molecule has 3 nitrogen and oxygen atoms in total. The first-order valence-corrected chi connectivity index (χ1v) is 5.79. The third kappa shape index (κ3) is 2.99. The number of benzene rings is 1. The van der Waals surface area contributed by atoms with E-state index in [0.29, 0.717) is 17.9 Å². The fourth-order valence-corrected chi connectivity index (χ4v) is 1.73. The molecule has 5 heteroatoms. The molecule has 0 amide bonds. The summed E-state index contributed by atoms with van der Waals surface area (Å²) >= 11 is 0. The Bertz CT molecular complexity index is 553. The summed E-state index contributed by atoms with van der Waals surface area (Å²) in [6.45, 7) is 6.06. The second-order valence-corrected chi connectivity index (χ2v) is 4.10. The normalized spacial score (nSPS) is 15.3. The maximum atomic E-state index is 13.2. The van der Waals surface area contributed by atoms with Crippen LogP contribution in [0.25, 0.3) is 0 Å². The number of allylic oxidation sites excluding steroid dienone is 2. The van der Waals surface area contributed by atoms with Gasteiger partial charge in [-0.2, -0.15) is 0 Å². The predicted molar refractivity (Wildman–Crippen MR) is 69.8 cm³/mol. The number of ether oxygens (including phenoxy) is 1. The third-order valence-electron chi connectivity index (χ3n) is 2.78. The van der Waals surface area contributed by atoms with Crippen LogP contribution in [0.15, 0.2) is 42.1 Å². The van der Waals surface area contributed by atoms with Crippen molar-refractivity contribution in [3.8, 4) is 5.75 Å². The van der Waals surface area contributed by atoms with Gasteiger partial charge >= 0.3 is 0 Å². The van der Waals surface area contributed by atoms with Gasteiger partial charge in [0.05, 0.1) is 6.54 Å². The van der Waals surface area contributed by atoms with Crippen LogP contribution in [0.4, 0.5) is 8.78 Å². The van der Waals surface area contributed by atoms with E-state index >= 15 is 0 Å². The van der Waals surface area contributed by atoms with E-state index in [4.69, 9.17) is 4.74 Å². The van der Waals surface area contributed by atoms with Crippen LogP contribution in [0.5, 0.6) is 5.75 Å². The molecule has 1 aromatic rings. The fraction of sp³-hybridized carbons (Fsp3) is 0.214. The van der Waals surface area contributed by atoms with Gasteiger partial charge in [-0.1, -0.05) is 12.7 Å². The van der Waals surface area contributed by atoms with Crippen molar-refractivity contribution in [1.29, 1.82) is 0 Å². The molecule has 0 N–H and O–H groups in total. The average Bonchev–Trinajstić information content (AvgIpc) is 2.40. The van der Waals surface area contributed by atoms with Crippen molar-refractivity contribution >= 4 is 5.84 Å². The number of hydrogen-bond acceptors (Lipinski definition) is 2. The molecule has 1 aromatic carbocycles. The molecule has 1 aliphatic rings. The maximum absolute atomic E-state index is 13.2. The highest BCUT2D eigenvalue weighted by molar-refractivity contribution is 5.80. The van der Waals surface area contributed by atoms with Crippen LogP contribution in [0.3, 0.4) is 0 Å². The maximum Gasteiger partial charge on any atom is 0.162 e. The Morgan fingerprint density at radius 3 is 2.89 bits per heavy atom. The van der Waals surface area contributed by atoms with Gasteiger partial charge in [-0.05, 0) is 19.1 Å². The minimum atomic E-state index is -0.897. The van der Waals surface area contributed by atoms with E-state index in [-0.39, 0.29) is 6.73 Å². The molecule has 19 heavy (non-hydrogen) atoms. The number of fused-ring (bicyclic) bond motifs is 1. The van der Waals surface area contributed by atoms with Crippen LogP contribution in [0.2, 0.25) is 0 Å². The first-order valence-electron chi connectivity index (χ1n) is 5.79. The number of aliphatic imine (C=N–C) groups is 1. The summed E-state index contributed by atoms with van der Waals surface area (Å²) in [5.41, 5.74) is 0.604. The van der Waals surface area contributed by atoms with Crippen molar-refractivity contribution < 1.29 is 13.5 Å². The van der Waals surface area contributed by atoms with E-state index in [0.717, 1.165) is 18.0 Å². The van der Waals surface area contributed by atoms with Gasteiger partial charge in [-0.3, -0.25) is 0 Å². The monoisotopic (exact) mass is 264 g/mol. The van der Waals surface area contributed by atoms with Gasteiger partial charge in [-0.15, -0.1) is 0 Å². The first kappa shape index (κ1) is 13.3. The topological polar surface area (TPSA) is 24.8 Å². The molecule has 0 radical (unpaired) electrons. The zero-order valence-corrected chi connectivity index (χ0v) is 10.6. The molecule has 0 atom stereocenters. The van der Waals surface area contributed by atoms with Crippen LogP contribution in [0.1, 0.15) is 12.5 Å². The summed E-state index contributed by atoms with van der Waals surface area (Å²) in [4.78, 5) is 6.02. The van der Waals surface area contributed by atoms with E-state index in [9.17, 15) is 8.78 Å². The van der Waals surface area contributed by atoms with Crippen LogP contribution in [-0.4, -0.2) is 17.5 Å². The van der Waals surface area contributed by atoms with Crippen LogP contribution >= 0.6 is 0 Å². The number of amidine groups is 1. The number of rotatable bonds is 2. The highest BCUT2D eigenvalue weighted by Gasteiger charge is 2.20. The van der Waals surface area contributed by atoms with Crippen molar-refractivity contribution in [2.24, 2.45) is 4.99 Å². The predicted octanol–water partition coefficient (Wildman–Crippen LogP) is 3.23. The summed E-state index contributed by atoms with van der Waals surface area (Å²) in [5, 5.41) is 0. The molecule has 1 heterocycles. The molecule has 0 spiro atoms. The second-order valence-electron chi connectivity index (χ2n) is 4.10. The van der Waals surface area contributed by atoms with Crippen molar-refractivity contribution in [3.05, 3.63) is 54.3 Å². The third-order valence-corrected chi connectivity index (χ3v) is 2.78. The van der Waals surface area contributed by atoms with Gasteiger partial charge in [0.1, 0.15) is 11.6 Å². The summed E-state index contributed by atoms with van der Waals surface area (Å²) < 4.78 is 31.6.